The Morgan fingerprint density at radius 3 is 2.74 bits per heavy atom. The van der Waals surface area contributed by atoms with Crippen molar-refractivity contribution in [2.45, 2.75) is 26.3 Å². The van der Waals surface area contributed by atoms with E-state index in [4.69, 9.17) is 4.98 Å². The first-order valence-electron chi connectivity index (χ1n) is 7.82. The third-order valence-corrected chi connectivity index (χ3v) is 5.16. The van der Waals surface area contributed by atoms with Crippen molar-refractivity contribution in [2.75, 3.05) is 7.05 Å². The van der Waals surface area contributed by atoms with Crippen molar-refractivity contribution in [2.24, 2.45) is 0 Å². The number of fused-ring (bicyclic) bond motifs is 1. The molecule has 2 aromatic heterocycles. The van der Waals surface area contributed by atoms with Crippen LogP contribution in [0.2, 0.25) is 0 Å². The van der Waals surface area contributed by atoms with Crippen LogP contribution in [0.3, 0.4) is 0 Å². The molecule has 3 aromatic rings. The summed E-state index contributed by atoms with van der Waals surface area (Å²) in [5.74, 6) is -0.0251. The molecule has 1 aromatic carbocycles. The van der Waals surface area contributed by atoms with Crippen LogP contribution in [-0.4, -0.2) is 28.9 Å². The maximum absolute atomic E-state index is 12.8. The van der Waals surface area contributed by atoms with Crippen LogP contribution in [-0.2, 0) is 0 Å². The van der Waals surface area contributed by atoms with E-state index in [0.717, 1.165) is 27.8 Å². The standard InChI is InChI=1S/C19H20N2OS/c1-4-13(2)21(3)19(22)16-12-14-8-5-6-9-15(14)18(20-16)17-10-7-11-23-17/h5-13H,4H2,1-3H3. The molecule has 0 saturated carbocycles. The average molecular weight is 324 g/mol. The van der Waals surface area contributed by atoms with Gasteiger partial charge in [0.1, 0.15) is 5.69 Å². The summed E-state index contributed by atoms with van der Waals surface area (Å²) in [6.07, 6.45) is 0.924. The quantitative estimate of drug-likeness (QED) is 0.688. The highest BCUT2D eigenvalue weighted by Crippen LogP contribution is 2.31. The van der Waals surface area contributed by atoms with Gasteiger partial charge >= 0.3 is 0 Å². The molecule has 0 aliphatic heterocycles. The molecule has 1 amide bonds. The summed E-state index contributed by atoms with van der Waals surface area (Å²) < 4.78 is 0. The maximum atomic E-state index is 12.8. The van der Waals surface area contributed by atoms with Crippen LogP contribution in [0.4, 0.5) is 0 Å². The minimum Gasteiger partial charge on any atom is -0.338 e. The summed E-state index contributed by atoms with van der Waals surface area (Å²) in [6.45, 7) is 4.14. The van der Waals surface area contributed by atoms with Gasteiger partial charge in [0.2, 0.25) is 0 Å². The Hall–Kier alpha value is -2.20. The summed E-state index contributed by atoms with van der Waals surface area (Å²) in [7, 11) is 1.85. The van der Waals surface area contributed by atoms with Crippen molar-refractivity contribution in [3.05, 3.63) is 53.5 Å². The van der Waals surface area contributed by atoms with Crippen molar-refractivity contribution in [1.82, 2.24) is 9.88 Å². The van der Waals surface area contributed by atoms with Gasteiger partial charge in [-0.25, -0.2) is 4.98 Å². The molecule has 0 aliphatic rings. The lowest BCUT2D eigenvalue weighted by molar-refractivity contribution is 0.0735. The zero-order valence-corrected chi connectivity index (χ0v) is 14.4. The molecule has 3 rings (SSSR count). The lowest BCUT2D eigenvalue weighted by atomic mass is 10.1. The summed E-state index contributed by atoms with van der Waals surface area (Å²) >= 11 is 1.64. The molecule has 23 heavy (non-hydrogen) atoms. The molecule has 0 bridgehead atoms. The fourth-order valence-electron chi connectivity index (χ4n) is 2.56. The van der Waals surface area contributed by atoms with E-state index in [0.29, 0.717) is 5.69 Å². The van der Waals surface area contributed by atoms with Gasteiger partial charge in [0.05, 0.1) is 10.6 Å². The molecular formula is C19H20N2OS. The van der Waals surface area contributed by atoms with Gasteiger partial charge in [0.15, 0.2) is 0 Å². The third-order valence-electron chi connectivity index (χ3n) is 4.29. The van der Waals surface area contributed by atoms with Crippen LogP contribution in [0.15, 0.2) is 47.8 Å². The van der Waals surface area contributed by atoms with Crippen LogP contribution < -0.4 is 0 Å². The van der Waals surface area contributed by atoms with Gasteiger partial charge in [-0.05, 0) is 36.2 Å². The van der Waals surface area contributed by atoms with Crippen molar-refractivity contribution < 1.29 is 4.79 Å². The third kappa shape index (κ3) is 2.99. The summed E-state index contributed by atoms with van der Waals surface area (Å²) in [5.41, 5.74) is 1.40. The number of aromatic nitrogens is 1. The predicted octanol–water partition coefficient (Wildman–Crippen LogP) is 4.83. The second-order valence-electron chi connectivity index (χ2n) is 5.73. The number of carbonyl (C=O) groups is 1. The molecule has 0 spiro atoms. The molecule has 4 heteroatoms. The van der Waals surface area contributed by atoms with Crippen molar-refractivity contribution in [1.29, 1.82) is 0 Å². The van der Waals surface area contributed by atoms with Gasteiger partial charge in [0.25, 0.3) is 5.91 Å². The number of carbonyl (C=O) groups excluding carboxylic acids is 1. The molecule has 0 fully saturated rings. The van der Waals surface area contributed by atoms with E-state index < -0.39 is 0 Å². The molecule has 2 heterocycles. The summed E-state index contributed by atoms with van der Waals surface area (Å²) in [4.78, 5) is 20.3. The minimum absolute atomic E-state index is 0.0251. The predicted molar refractivity (Wildman–Crippen MR) is 96.9 cm³/mol. The number of hydrogen-bond donors (Lipinski definition) is 0. The number of pyridine rings is 1. The van der Waals surface area contributed by atoms with Crippen LogP contribution in [0, 0.1) is 0 Å². The van der Waals surface area contributed by atoms with E-state index in [1.807, 2.05) is 48.8 Å². The Morgan fingerprint density at radius 2 is 2.04 bits per heavy atom. The molecule has 1 unspecified atom stereocenters. The lowest BCUT2D eigenvalue weighted by Gasteiger charge is -2.23. The van der Waals surface area contributed by atoms with Gasteiger partial charge < -0.3 is 4.90 Å². The first-order chi connectivity index (χ1) is 11.1. The number of hydrogen-bond acceptors (Lipinski definition) is 3. The summed E-state index contributed by atoms with van der Waals surface area (Å²) in [6, 6.07) is 14.2. The van der Waals surface area contributed by atoms with E-state index in [9.17, 15) is 4.79 Å². The lowest BCUT2D eigenvalue weighted by Crippen LogP contribution is -2.35. The van der Waals surface area contributed by atoms with E-state index in [2.05, 4.69) is 19.9 Å². The molecular weight excluding hydrogens is 304 g/mol. The number of rotatable bonds is 4. The normalized spacial score (nSPS) is 12.3. The summed E-state index contributed by atoms with van der Waals surface area (Å²) in [5, 5.41) is 4.16. The SMILES string of the molecule is CCC(C)N(C)C(=O)c1cc2ccccc2c(-c2cccs2)n1. The van der Waals surface area contributed by atoms with Crippen LogP contribution in [0.1, 0.15) is 30.8 Å². The monoisotopic (exact) mass is 324 g/mol. The number of thiophene rings is 1. The van der Waals surface area contributed by atoms with Crippen LogP contribution in [0.25, 0.3) is 21.3 Å². The smallest absolute Gasteiger partial charge is 0.272 e. The Balaban J connectivity index is 2.14. The van der Waals surface area contributed by atoms with Crippen LogP contribution in [0.5, 0.6) is 0 Å². The van der Waals surface area contributed by atoms with Crippen LogP contribution >= 0.6 is 11.3 Å². The second-order valence-corrected chi connectivity index (χ2v) is 6.68. The molecule has 0 saturated heterocycles. The maximum Gasteiger partial charge on any atom is 0.272 e. The molecule has 0 radical (unpaired) electrons. The van der Waals surface area contributed by atoms with E-state index in [-0.39, 0.29) is 11.9 Å². The number of amides is 1. The van der Waals surface area contributed by atoms with E-state index in [1.165, 1.54) is 0 Å². The Morgan fingerprint density at radius 1 is 1.26 bits per heavy atom. The minimum atomic E-state index is -0.0251. The van der Waals surface area contributed by atoms with E-state index >= 15 is 0 Å². The topological polar surface area (TPSA) is 33.2 Å². The largest absolute Gasteiger partial charge is 0.338 e. The number of benzene rings is 1. The molecule has 118 valence electrons. The number of nitrogens with zero attached hydrogens (tertiary/aromatic N) is 2. The Bertz CT molecular complexity index is 827. The fraction of sp³-hybridized carbons (Fsp3) is 0.263. The molecule has 0 N–H and O–H groups in total. The zero-order chi connectivity index (χ0) is 16.4. The molecule has 0 aliphatic carbocycles. The Kier molecular flexibility index (Phi) is 4.44. The van der Waals surface area contributed by atoms with Crippen molar-refractivity contribution in [3.8, 4) is 10.6 Å². The first-order valence-corrected chi connectivity index (χ1v) is 8.70. The van der Waals surface area contributed by atoms with Crippen molar-refractivity contribution >= 4 is 28.0 Å². The van der Waals surface area contributed by atoms with Gasteiger partial charge in [-0.15, -0.1) is 11.3 Å². The highest BCUT2D eigenvalue weighted by atomic mass is 32.1. The molecule has 1 atom stereocenters. The fourth-order valence-corrected chi connectivity index (χ4v) is 3.29. The highest BCUT2D eigenvalue weighted by Gasteiger charge is 2.19. The Labute approximate surface area is 140 Å². The molecule has 3 nitrogen and oxygen atoms in total. The van der Waals surface area contributed by atoms with Gasteiger partial charge in [0, 0.05) is 18.5 Å². The van der Waals surface area contributed by atoms with Crippen molar-refractivity contribution in [3.63, 3.8) is 0 Å². The zero-order valence-electron chi connectivity index (χ0n) is 13.6. The highest BCUT2D eigenvalue weighted by molar-refractivity contribution is 7.13. The first kappa shape index (κ1) is 15.7. The second kappa shape index (κ2) is 6.50. The van der Waals surface area contributed by atoms with E-state index in [1.54, 1.807) is 16.2 Å². The average Bonchev–Trinajstić information content (AvgIpc) is 3.13. The van der Waals surface area contributed by atoms with Gasteiger partial charge in [-0.3, -0.25) is 4.79 Å². The van der Waals surface area contributed by atoms with Gasteiger partial charge in [-0.2, -0.15) is 0 Å². The van der Waals surface area contributed by atoms with Gasteiger partial charge in [-0.1, -0.05) is 37.3 Å².